The summed E-state index contributed by atoms with van der Waals surface area (Å²) in [5.41, 5.74) is 0. The minimum Gasteiger partial charge on any atom is -0.344 e. The smallest absolute Gasteiger partial charge is 0.246 e. The summed E-state index contributed by atoms with van der Waals surface area (Å²) >= 11 is 1.76. The molecule has 0 aromatic carbocycles. The summed E-state index contributed by atoms with van der Waals surface area (Å²) in [4.78, 5) is 29.2. The van der Waals surface area contributed by atoms with E-state index in [9.17, 15) is 9.59 Å². The second-order valence-corrected chi connectivity index (χ2v) is 7.38. The molecule has 1 aromatic heterocycles. The lowest BCUT2D eigenvalue weighted by Crippen LogP contribution is -2.47. The average molecular weight is 306 g/mol. The Labute approximate surface area is 129 Å². The number of carbonyl (C=O) groups is 2. The van der Waals surface area contributed by atoms with Crippen LogP contribution >= 0.6 is 11.3 Å². The summed E-state index contributed by atoms with van der Waals surface area (Å²) in [6.45, 7) is 4.74. The molecule has 0 bridgehead atoms. The summed E-state index contributed by atoms with van der Waals surface area (Å²) in [6.07, 6.45) is 3.54. The molecule has 2 aliphatic rings. The first-order chi connectivity index (χ1) is 10.1. The van der Waals surface area contributed by atoms with Crippen molar-refractivity contribution in [2.75, 3.05) is 0 Å². The maximum absolute atomic E-state index is 12.8. The SMILES string of the molecule is CCc1ccc(CN2C(=O)C(C3CC3)NC(=O)CC2C)s1. The summed E-state index contributed by atoms with van der Waals surface area (Å²) in [5, 5.41) is 2.93. The number of hydrogen-bond acceptors (Lipinski definition) is 3. The van der Waals surface area contributed by atoms with Gasteiger partial charge in [-0.3, -0.25) is 9.59 Å². The molecule has 1 N–H and O–H groups in total. The van der Waals surface area contributed by atoms with Gasteiger partial charge in [-0.15, -0.1) is 11.3 Å². The van der Waals surface area contributed by atoms with Crippen LogP contribution in [0.25, 0.3) is 0 Å². The van der Waals surface area contributed by atoms with Crippen molar-refractivity contribution in [2.24, 2.45) is 5.92 Å². The molecule has 2 heterocycles. The Morgan fingerprint density at radius 3 is 2.62 bits per heavy atom. The molecule has 2 unspecified atom stereocenters. The fraction of sp³-hybridized carbons (Fsp3) is 0.625. The molecule has 0 radical (unpaired) electrons. The lowest BCUT2D eigenvalue weighted by Gasteiger charge is -2.28. The van der Waals surface area contributed by atoms with E-state index in [2.05, 4.69) is 24.4 Å². The van der Waals surface area contributed by atoms with Crippen LogP contribution in [0.15, 0.2) is 12.1 Å². The highest BCUT2D eigenvalue weighted by molar-refractivity contribution is 7.11. The molecule has 0 spiro atoms. The van der Waals surface area contributed by atoms with E-state index in [0.29, 0.717) is 18.9 Å². The molecule has 21 heavy (non-hydrogen) atoms. The van der Waals surface area contributed by atoms with Crippen LogP contribution in [0.3, 0.4) is 0 Å². The third-order valence-corrected chi connectivity index (χ3v) is 5.58. The number of amides is 2. The zero-order valence-electron chi connectivity index (χ0n) is 12.6. The van der Waals surface area contributed by atoms with Gasteiger partial charge in [0.2, 0.25) is 11.8 Å². The Morgan fingerprint density at radius 2 is 2.00 bits per heavy atom. The molecule has 2 amide bonds. The van der Waals surface area contributed by atoms with Crippen molar-refractivity contribution in [1.29, 1.82) is 0 Å². The zero-order chi connectivity index (χ0) is 15.0. The number of carbonyl (C=O) groups excluding carboxylic acids is 2. The van der Waals surface area contributed by atoms with Gasteiger partial charge in [0.25, 0.3) is 0 Å². The molecule has 1 aromatic rings. The van der Waals surface area contributed by atoms with Gasteiger partial charge in [0.1, 0.15) is 6.04 Å². The van der Waals surface area contributed by atoms with E-state index in [1.807, 2.05) is 11.8 Å². The lowest BCUT2D eigenvalue weighted by atomic mass is 10.1. The molecule has 1 aliphatic heterocycles. The number of nitrogens with zero attached hydrogens (tertiary/aromatic N) is 1. The van der Waals surface area contributed by atoms with Crippen molar-refractivity contribution in [3.63, 3.8) is 0 Å². The van der Waals surface area contributed by atoms with E-state index in [4.69, 9.17) is 0 Å². The first kappa shape index (κ1) is 14.6. The fourth-order valence-electron chi connectivity index (χ4n) is 2.92. The van der Waals surface area contributed by atoms with Gasteiger partial charge >= 0.3 is 0 Å². The van der Waals surface area contributed by atoms with Crippen LogP contribution in [0.5, 0.6) is 0 Å². The quantitative estimate of drug-likeness (QED) is 0.928. The molecule has 114 valence electrons. The molecular weight excluding hydrogens is 284 g/mol. The first-order valence-electron chi connectivity index (χ1n) is 7.76. The van der Waals surface area contributed by atoms with E-state index in [1.165, 1.54) is 9.75 Å². The molecule has 1 aliphatic carbocycles. The zero-order valence-corrected chi connectivity index (χ0v) is 13.4. The van der Waals surface area contributed by atoms with Gasteiger partial charge in [-0.05, 0) is 44.2 Å². The maximum Gasteiger partial charge on any atom is 0.246 e. The number of hydrogen-bond donors (Lipinski definition) is 1. The van der Waals surface area contributed by atoms with Gasteiger partial charge in [0.15, 0.2) is 0 Å². The van der Waals surface area contributed by atoms with Gasteiger partial charge in [-0.25, -0.2) is 0 Å². The monoisotopic (exact) mass is 306 g/mol. The Balaban J connectivity index is 1.79. The topological polar surface area (TPSA) is 49.4 Å². The molecule has 2 fully saturated rings. The van der Waals surface area contributed by atoms with E-state index >= 15 is 0 Å². The summed E-state index contributed by atoms with van der Waals surface area (Å²) < 4.78 is 0. The molecule has 1 saturated heterocycles. The van der Waals surface area contributed by atoms with Crippen molar-refractivity contribution in [2.45, 2.75) is 58.2 Å². The van der Waals surface area contributed by atoms with Crippen molar-refractivity contribution < 1.29 is 9.59 Å². The maximum atomic E-state index is 12.8. The van der Waals surface area contributed by atoms with Crippen LogP contribution in [0, 0.1) is 5.92 Å². The largest absolute Gasteiger partial charge is 0.344 e. The molecule has 3 rings (SSSR count). The van der Waals surface area contributed by atoms with Gasteiger partial charge in [0.05, 0.1) is 6.54 Å². The van der Waals surface area contributed by atoms with E-state index in [-0.39, 0.29) is 23.9 Å². The number of thiophene rings is 1. The highest BCUT2D eigenvalue weighted by Crippen LogP contribution is 2.35. The summed E-state index contributed by atoms with van der Waals surface area (Å²) in [6, 6.07) is 3.91. The van der Waals surface area contributed by atoms with Crippen molar-refractivity contribution in [3.8, 4) is 0 Å². The molecule has 4 nitrogen and oxygen atoms in total. The second-order valence-electron chi connectivity index (χ2n) is 6.12. The lowest BCUT2D eigenvalue weighted by molar-refractivity contribution is -0.136. The summed E-state index contributed by atoms with van der Waals surface area (Å²) in [5.74, 6) is 0.460. The third kappa shape index (κ3) is 3.12. The third-order valence-electron chi connectivity index (χ3n) is 4.36. The highest BCUT2D eigenvalue weighted by atomic mass is 32.1. The molecular formula is C16H22N2O2S. The minimum atomic E-state index is -0.298. The van der Waals surface area contributed by atoms with Crippen LogP contribution in [-0.2, 0) is 22.6 Å². The van der Waals surface area contributed by atoms with Crippen molar-refractivity contribution in [1.82, 2.24) is 10.2 Å². The van der Waals surface area contributed by atoms with E-state index < -0.39 is 0 Å². The van der Waals surface area contributed by atoms with Crippen LogP contribution < -0.4 is 5.32 Å². The number of aryl methyl sites for hydroxylation is 1. The molecule has 2 atom stereocenters. The van der Waals surface area contributed by atoms with Crippen molar-refractivity contribution >= 4 is 23.2 Å². The van der Waals surface area contributed by atoms with Gasteiger partial charge < -0.3 is 10.2 Å². The average Bonchev–Trinajstić information content (AvgIpc) is 3.20. The van der Waals surface area contributed by atoms with Crippen LogP contribution in [0.2, 0.25) is 0 Å². The predicted molar refractivity (Wildman–Crippen MR) is 83.0 cm³/mol. The van der Waals surface area contributed by atoms with Gasteiger partial charge in [-0.1, -0.05) is 6.92 Å². The normalized spacial score (nSPS) is 26.7. The fourth-order valence-corrected chi connectivity index (χ4v) is 3.87. The van der Waals surface area contributed by atoms with Crippen LogP contribution in [0.4, 0.5) is 0 Å². The standard InChI is InChI=1S/C16H22N2O2S/c1-3-12-6-7-13(21-12)9-18-10(2)8-14(19)17-15(16(18)20)11-4-5-11/h6-7,10-11,15H,3-5,8-9H2,1-2H3,(H,17,19). The Bertz CT molecular complexity index is 550. The molecule has 5 heteroatoms. The second kappa shape index (κ2) is 5.79. The van der Waals surface area contributed by atoms with Crippen LogP contribution in [0.1, 0.15) is 42.9 Å². The predicted octanol–water partition coefficient (Wildman–Crippen LogP) is 2.33. The first-order valence-corrected chi connectivity index (χ1v) is 8.57. The van der Waals surface area contributed by atoms with Gasteiger partial charge in [0, 0.05) is 22.2 Å². The minimum absolute atomic E-state index is 0.00989. The summed E-state index contributed by atoms with van der Waals surface area (Å²) in [7, 11) is 0. The Morgan fingerprint density at radius 1 is 1.29 bits per heavy atom. The number of nitrogens with one attached hydrogen (secondary N) is 1. The van der Waals surface area contributed by atoms with Crippen molar-refractivity contribution in [3.05, 3.63) is 21.9 Å². The Hall–Kier alpha value is -1.36. The van der Waals surface area contributed by atoms with E-state index in [0.717, 1.165) is 19.3 Å². The highest BCUT2D eigenvalue weighted by Gasteiger charge is 2.42. The van der Waals surface area contributed by atoms with Gasteiger partial charge in [-0.2, -0.15) is 0 Å². The van der Waals surface area contributed by atoms with Crippen LogP contribution in [-0.4, -0.2) is 28.8 Å². The van der Waals surface area contributed by atoms with E-state index in [1.54, 1.807) is 11.3 Å². The number of rotatable bonds is 4. The Kier molecular flexibility index (Phi) is 4.02. The molecule has 1 saturated carbocycles.